The van der Waals surface area contributed by atoms with Gasteiger partial charge in [0.2, 0.25) is 0 Å². The summed E-state index contributed by atoms with van der Waals surface area (Å²) in [5.74, 6) is 0.957. The van der Waals surface area contributed by atoms with Gasteiger partial charge in [-0.3, -0.25) is 0 Å². The summed E-state index contributed by atoms with van der Waals surface area (Å²) in [5.41, 5.74) is 0. The van der Waals surface area contributed by atoms with Gasteiger partial charge in [0, 0.05) is 6.04 Å². The van der Waals surface area contributed by atoms with Crippen molar-refractivity contribution in [3.63, 3.8) is 0 Å². The van der Waals surface area contributed by atoms with Crippen LogP contribution < -0.4 is 5.32 Å². The topological polar surface area (TPSA) is 18.5 Å². The first kappa shape index (κ1) is 12.3. The first-order valence-corrected chi connectivity index (χ1v) is 6.93. The molecule has 0 aliphatic carbocycles. The third-order valence-electron chi connectivity index (χ3n) is 4.38. The van der Waals surface area contributed by atoms with Gasteiger partial charge in [0.25, 0.3) is 0 Å². The summed E-state index contributed by atoms with van der Waals surface area (Å²) >= 11 is 0. The van der Waals surface area contributed by atoms with Crippen LogP contribution in [0.1, 0.15) is 26.2 Å². The Morgan fingerprint density at radius 3 is 2.44 bits per heavy atom. The number of nitrogens with zero attached hydrogens (tertiary/aromatic N) is 2. The van der Waals surface area contributed by atoms with Crippen molar-refractivity contribution in [3.8, 4) is 0 Å². The summed E-state index contributed by atoms with van der Waals surface area (Å²) in [4.78, 5) is 5.17. The molecule has 2 saturated heterocycles. The normalized spacial score (nSPS) is 24.9. The van der Waals surface area contributed by atoms with E-state index in [1.54, 1.807) is 0 Å². The first-order chi connectivity index (χ1) is 7.79. The van der Waals surface area contributed by atoms with Gasteiger partial charge < -0.3 is 15.1 Å². The van der Waals surface area contributed by atoms with E-state index in [4.69, 9.17) is 0 Å². The van der Waals surface area contributed by atoms with Crippen LogP contribution in [0.15, 0.2) is 0 Å². The Morgan fingerprint density at radius 2 is 1.94 bits per heavy atom. The molecule has 2 heterocycles. The highest BCUT2D eigenvalue weighted by Gasteiger charge is 2.23. The molecule has 3 nitrogen and oxygen atoms in total. The Kier molecular flexibility index (Phi) is 4.62. The first-order valence-electron chi connectivity index (χ1n) is 6.93. The van der Waals surface area contributed by atoms with E-state index < -0.39 is 0 Å². The van der Waals surface area contributed by atoms with Crippen molar-refractivity contribution in [1.82, 2.24) is 15.1 Å². The lowest BCUT2D eigenvalue weighted by Crippen LogP contribution is -2.46. The molecule has 0 atom stereocenters. The number of likely N-dealkylation sites (tertiary alicyclic amines) is 1. The predicted molar refractivity (Wildman–Crippen MR) is 68.7 cm³/mol. The molecule has 0 radical (unpaired) electrons. The molecule has 1 N–H and O–H groups in total. The zero-order valence-electron chi connectivity index (χ0n) is 10.9. The predicted octanol–water partition coefficient (Wildman–Crippen LogP) is 1.01. The maximum absolute atomic E-state index is 3.35. The molecule has 2 rings (SSSR count). The quantitative estimate of drug-likeness (QED) is 0.753. The van der Waals surface area contributed by atoms with Crippen LogP contribution in [0.4, 0.5) is 0 Å². The van der Waals surface area contributed by atoms with E-state index in [2.05, 4.69) is 29.1 Å². The number of rotatable bonds is 5. The highest BCUT2D eigenvalue weighted by Crippen LogP contribution is 2.17. The number of hydrogen-bond donors (Lipinski definition) is 1. The van der Waals surface area contributed by atoms with E-state index in [1.807, 2.05) is 0 Å². The van der Waals surface area contributed by atoms with Gasteiger partial charge in [-0.15, -0.1) is 0 Å². The molecular weight excluding hydrogens is 198 g/mol. The Bertz CT molecular complexity index is 195. The molecule has 2 fully saturated rings. The fraction of sp³-hybridized carbons (Fsp3) is 1.00. The van der Waals surface area contributed by atoms with E-state index in [9.17, 15) is 0 Å². The van der Waals surface area contributed by atoms with Crippen molar-refractivity contribution in [2.45, 2.75) is 32.2 Å². The van der Waals surface area contributed by atoms with Crippen LogP contribution >= 0.6 is 0 Å². The summed E-state index contributed by atoms with van der Waals surface area (Å²) in [6, 6.07) is 0.843. The fourth-order valence-corrected chi connectivity index (χ4v) is 2.80. The number of hydrogen-bond acceptors (Lipinski definition) is 3. The highest BCUT2D eigenvalue weighted by atomic mass is 15.2. The van der Waals surface area contributed by atoms with Crippen molar-refractivity contribution in [2.24, 2.45) is 5.92 Å². The van der Waals surface area contributed by atoms with Gasteiger partial charge in [0.15, 0.2) is 0 Å². The SMILES string of the molecule is CCN1CCC(N(C)CCC2CNC2)CC1. The molecule has 2 aliphatic rings. The summed E-state index contributed by atoms with van der Waals surface area (Å²) in [5, 5.41) is 3.35. The van der Waals surface area contributed by atoms with E-state index >= 15 is 0 Å². The molecule has 0 bridgehead atoms. The van der Waals surface area contributed by atoms with Gasteiger partial charge in [0.1, 0.15) is 0 Å². The van der Waals surface area contributed by atoms with Crippen LogP contribution in [-0.2, 0) is 0 Å². The molecule has 0 aromatic carbocycles. The molecule has 0 saturated carbocycles. The molecule has 0 amide bonds. The second-order valence-corrected chi connectivity index (χ2v) is 5.46. The summed E-state index contributed by atoms with van der Waals surface area (Å²) in [6.07, 6.45) is 4.12. The Balaban J connectivity index is 1.63. The van der Waals surface area contributed by atoms with Crippen LogP contribution in [0.25, 0.3) is 0 Å². The molecule has 0 aromatic heterocycles. The minimum Gasteiger partial charge on any atom is -0.316 e. The van der Waals surface area contributed by atoms with Crippen molar-refractivity contribution in [3.05, 3.63) is 0 Å². The van der Waals surface area contributed by atoms with Crippen molar-refractivity contribution < 1.29 is 0 Å². The lowest BCUT2D eigenvalue weighted by Gasteiger charge is -2.37. The van der Waals surface area contributed by atoms with E-state index in [-0.39, 0.29) is 0 Å². The van der Waals surface area contributed by atoms with Gasteiger partial charge >= 0.3 is 0 Å². The van der Waals surface area contributed by atoms with Gasteiger partial charge in [-0.2, -0.15) is 0 Å². The minimum absolute atomic E-state index is 0.843. The monoisotopic (exact) mass is 225 g/mol. The molecule has 0 unspecified atom stereocenters. The third kappa shape index (κ3) is 3.19. The van der Waals surface area contributed by atoms with Crippen LogP contribution in [-0.4, -0.2) is 62.2 Å². The largest absolute Gasteiger partial charge is 0.316 e. The maximum Gasteiger partial charge on any atom is 0.0117 e. The van der Waals surface area contributed by atoms with Crippen molar-refractivity contribution in [2.75, 3.05) is 46.3 Å². The zero-order valence-corrected chi connectivity index (χ0v) is 10.9. The van der Waals surface area contributed by atoms with Crippen LogP contribution in [0.3, 0.4) is 0 Å². The van der Waals surface area contributed by atoms with Gasteiger partial charge in [0.05, 0.1) is 0 Å². The minimum atomic E-state index is 0.843. The Morgan fingerprint density at radius 1 is 1.25 bits per heavy atom. The van der Waals surface area contributed by atoms with Crippen LogP contribution in [0.2, 0.25) is 0 Å². The molecule has 2 aliphatic heterocycles. The second kappa shape index (κ2) is 5.99. The molecule has 94 valence electrons. The summed E-state index contributed by atoms with van der Waals surface area (Å²) in [6.45, 7) is 9.90. The average molecular weight is 225 g/mol. The van der Waals surface area contributed by atoms with Crippen LogP contribution in [0.5, 0.6) is 0 Å². The van der Waals surface area contributed by atoms with Gasteiger partial charge in [-0.25, -0.2) is 0 Å². The standard InChI is InChI=1S/C13H27N3/c1-3-16-8-5-13(6-9-16)15(2)7-4-12-10-14-11-12/h12-14H,3-11H2,1-2H3. The average Bonchev–Trinajstić information content (AvgIpc) is 2.27. The summed E-state index contributed by atoms with van der Waals surface area (Å²) < 4.78 is 0. The van der Waals surface area contributed by atoms with Gasteiger partial charge in [-0.1, -0.05) is 6.92 Å². The van der Waals surface area contributed by atoms with E-state index in [0.717, 1.165) is 12.0 Å². The smallest absolute Gasteiger partial charge is 0.0117 e. The fourth-order valence-electron chi connectivity index (χ4n) is 2.80. The Hall–Kier alpha value is -0.120. The van der Waals surface area contributed by atoms with Crippen LogP contribution in [0, 0.1) is 5.92 Å². The Labute approximate surface area is 100 Å². The molecule has 16 heavy (non-hydrogen) atoms. The van der Waals surface area contributed by atoms with Gasteiger partial charge in [-0.05, 0) is 71.5 Å². The molecular formula is C13H27N3. The third-order valence-corrected chi connectivity index (χ3v) is 4.38. The number of piperidine rings is 1. The van der Waals surface area contributed by atoms with E-state index in [0.29, 0.717) is 0 Å². The summed E-state index contributed by atoms with van der Waals surface area (Å²) in [7, 11) is 2.32. The van der Waals surface area contributed by atoms with Crippen molar-refractivity contribution in [1.29, 1.82) is 0 Å². The molecule has 0 spiro atoms. The lowest BCUT2D eigenvalue weighted by molar-refractivity contribution is 0.123. The highest BCUT2D eigenvalue weighted by molar-refractivity contribution is 4.80. The zero-order chi connectivity index (χ0) is 11.4. The molecule has 3 heteroatoms. The second-order valence-electron chi connectivity index (χ2n) is 5.46. The molecule has 0 aromatic rings. The van der Waals surface area contributed by atoms with E-state index in [1.165, 1.54) is 58.5 Å². The van der Waals surface area contributed by atoms with Crippen molar-refractivity contribution >= 4 is 0 Å². The number of nitrogens with one attached hydrogen (secondary N) is 1. The lowest BCUT2D eigenvalue weighted by atomic mass is 9.97. The maximum atomic E-state index is 3.35.